The van der Waals surface area contributed by atoms with Crippen LogP contribution in [0.1, 0.15) is 24.1 Å². The highest BCUT2D eigenvalue weighted by Crippen LogP contribution is 2.31. The molecule has 3 aromatic rings. The topological polar surface area (TPSA) is 56.0 Å². The first-order chi connectivity index (χ1) is 10.6. The molecule has 0 aliphatic carbocycles. The molecule has 6 heteroatoms. The van der Waals surface area contributed by atoms with Gasteiger partial charge >= 0.3 is 0 Å². The molecular weight excluding hydrogens is 316 g/mol. The zero-order chi connectivity index (χ0) is 15.5. The number of aromatic nitrogens is 1. The molecule has 22 heavy (non-hydrogen) atoms. The summed E-state index contributed by atoms with van der Waals surface area (Å²) in [5.41, 5.74) is 2.29. The molecule has 0 aliphatic heterocycles. The first-order valence-electron chi connectivity index (χ1n) is 6.86. The van der Waals surface area contributed by atoms with Crippen molar-refractivity contribution >= 4 is 28.4 Å². The van der Waals surface area contributed by atoms with Gasteiger partial charge in [0.15, 0.2) is 0 Å². The number of hydrogen-bond donors (Lipinski definition) is 0. The Morgan fingerprint density at radius 3 is 2.64 bits per heavy atom. The molecule has 0 spiro atoms. The number of hydrogen-bond acceptors (Lipinski definition) is 5. The number of nitro benzene ring substituents is 1. The number of nitro groups is 1. The Morgan fingerprint density at radius 2 is 2.00 bits per heavy atom. The molecule has 0 radical (unpaired) electrons. The van der Waals surface area contributed by atoms with Gasteiger partial charge in [-0.15, -0.1) is 22.7 Å². The van der Waals surface area contributed by atoms with Gasteiger partial charge in [0, 0.05) is 23.4 Å². The first kappa shape index (κ1) is 14.9. The zero-order valence-corrected chi connectivity index (χ0v) is 13.6. The van der Waals surface area contributed by atoms with E-state index in [0.29, 0.717) is 0 Å². The molecule has 112 valence electrons. The van der Waals surface area contributed by atoms with Crippen molar-refractivity contribution in [3.05, 3.63) is 68.5 Å². The van der Waals surface area contributed by atoms with E-state index in [1.165, 1.54) is 4.88 Å². The Morgan fingerprint density at radius 1 is 1.23 bits per heavy atom. The molecule has 0 saturated carbocycles. The van der Waals surface area contributed by atoms with Gasteiger partial charge in [-0.1, -0.05) is 25.1 Å². The van der Waals surface area contributed by atoms with Crippen LogP contribution in [0.4, 0.5) is 5.69 Å². The van der Waals surface area contributed by atoms with Gasteiger partial charge in [0.1, 0.15) is 5.01 Å². The Bertz CT molecular complexity index is 764. The standard InChI is InChI=1S/C16H14N2O2S2/c1-11(9-12-4-6-13(7-5-12)18(19)20)14-10-22-16(17-14)15-3-2-8-21-15/h2-8,10-11H,9H2,1H3/t11-/m0/s1. The quantitative estimate of drug-likeness (QED) is 0.481. The minimum atomic E-state index is -0.374. The number of non-ortho nitro benzene ring substituents is 1. The number of thiazole rings is 1. The van der Waals surface area contributed by atoms with Gasteiger partial charge in [-0.3, -0.25) is 10.1 Å². The van der Waals surface area contributed by atoms with Crippen LogP contribution in [-0.2, 0) is 6.42 Å². The predicted molar refractivity (Wildman–Crippen MR) is 90.6 cm³/mol. The fourth-order valence-corrected chi connectivity index (χ4v) is 3.99. The molecule has 0 aliphatic rings. The lowest BCUT2D eigenvalue weighted by molar-refractivity contribution is -0.384. The zero-order valence-electron chi connectivity index (χ0n) is 11.9. The SMILES string of the molecule is C[C@@H](Cc1ccc([N+](=O)[O-])cc1)c1csc(-c2cccs2)n1. The summed E-state index contributed by atoms with van der Waals surface area (Å²) in [4.78, 5) is 16.2. The highest BCUT2D eigenvalue weighted by atomic mass is 32.1. The van der Waals surface area contributed by atoms with Crippen molar-refractivity contribution in [3.8, 4) is 9.88 Å². The molecule has 3 rings (SSSR count). The van der Waals surface area contributed by atoms with Crippen LogP contribution in [0.2, 0.25) is 0 Å². The van der Waals surface area contributed by atoms with Crippen LogP contribution in [0.25, 0.3) is 9.88 Å². The summed E-state index contributed by atoms with van der Waals surface area (Å²) in [7, 11) is 0. The van der Waals surface area contributed by atoms with E-state index in [2.05, 4.69) is 23.8 Å². The summed E-state index contributed by atoms with van der Waals surface area (Å²) < 4.78 is 0. The number of thiophene rings is 1. The van der Waals surface area contributed by atoms with Crippen LogP contribution in [0, 0.1) is 10.1 Å². The molecular formula is C16H14N2O2S2. The van der Waals surface area contributed by atoms with Crippen LogP contribution < -0.4 is 0 Å². The lowest BCUT2D eigenvalue weighted by Crippen LogP contribution is -1.99. The van der Waals surface area contributed by atoms with E-state index in [9.17, 15) is 10.1 Å². The van der Waals surface area contributed by atoms with Gasteiger partial charge in [-0.05, 0) is 23.4 Å². The smallest absolute Gasteiger partial charge is 0.258 e. The molecule has 0 fully saturated rings. The third kappa shape index (κ3) is 3.23. The summed E-state index contributed by atoms with van der Waals surface area (Å²) in [6.07, 6.45) is 0.825. The van der Waals surface area contributed by atoms with Crippen molar-refractivity contribution in [2.24, 2.45) is 0 Å². The third-order valence-electron chi connectivity index (χ3n) is 3.45. The summed E-state index contributed by atoms with van der Waals surface area (Å²) in [6.45, 7) is 2.13. The summed E-state index contributed by atoms with van der Waals surface area (Å²) in [5, 5.41) is 15.9. The third-order valence-corrected chi connectivity index (χ3v) is 5.35. The van der Waals surface area contributed by atoms with E-state index in [4.69, 9.17) is 4.98 Å². The molecule has 2 aromatic heterocycles. The maximum Gasteiger partial charge on any atom is 0.269 e. The van der Waals surface area contributed by atoms with Crippen molar-refractivity contribution in [3.63, 3.8) is 0 Å². The van der Waals surface area contributed by atoms with E-state index in [0.717, 1.165) is 22.7 Å². The van der Waals surface area contributed by atoms with Gasteiger partial charge in [-0.25, -0.2) is 4.98 Å². The fraction of sp³-hybridized carbons (Fsp3) is 0.188. The molecule has 1 atom stereocenters. The van der Waals surface area contributed by atoms with Crippen molar-refractivity contribution in [1.29, 1.82) is 0 Å². The van der Waals surface area contributed by atoms with Crippen molar-refractivity contribution < 1.29 is 4.92 Å². The van der Waals surface area contributed by atoms with Gasteiger partial charge in [0.05, 0.1) is 15.5 Å². The highest BCUT2D eigenvalue weighted by Gasteiger charge is 2.13. The lowest BCUT2D eigenvalue weighted by atomic mass is 9.99. The number of nitrogens with zero attached hydrogens (tertiary/aromatic N) is 2. The average molecular weight is 330 g/mol. The van der Waals surface area contributed by atoms with E-state index in [-0.39, 0.29) is 16.5 Å². The Kier molecular flexibility index (Phi) is 4.31. The van der Waals surface area contributed by atoms with E-state index >= 15 is 0 Å². The maximum absolute atomic E-state index is 10.7. The summed E-state index contributed by atoms with van der Waals surface area (Å²) in [6, 6.07) is 10.9. The molecule has 0 amide bonds. The van der Waals surface area contributed by atoms with Gasteiger partial charge < -0.3 is 0 Å². The summed E-state index contributed by atoms with van der Waals surface area (Å²) >= 11 is 3.36. The van der Waals surface area contributed by atoms with Gasteiger partial charge in [0.25, 0.3) is 5.69 Å². The second-order valence-electron chi connectivity index (χ2n) is 5.08. The number of rotatable bonds is 5. The second-order valence-corrected chi connectivity index (χ2v) is 6.89. The van der Waals surface area contributed by atoms with Crippen molar-refractivity contribution in [2.75, 3.05) is 0 Å². The van der Waals surface area contributed by atoms with E-state index in [1.54, 1.807) is 34.8 Å². The molecule has 0 unspecified atom stereocenters. The molecule has 0 bridgehead atoms. The lowest BCUT2D eigenvalue weighted by Gasteiger charge is -2.08. The number of benzene rings is 1. The molecule has 0 N–H and O–H groups in total. The summed E-state index contributed by atoms with van der Waals surface area (Å²) in [5.74, 6) is 0.284. The molecule has 2 heterocycles. The predicted octanol–water partition coefficient (Wildman–Crippen LogP) is 5.13. The molecule has 0 saturated heterocycles. The second kappa shape index (κ2) is 6.37. The first-order valence-corrected chi connectivity index (χ1v) is 8.62. The maximum atomic E-state index is 10.7. The van der Waals surface area contributed by atoms with Crippen LogP contribution in [0.15, 0.2) is 47.2 Å². The Balaban J connectivity index is 1.71. The Labute approximate surface area is 136 Å². The largest absolute Gasteiger partial charge is 0.269 e. The van der Waals surface area contributed by atoms with Crippen molar-refractivity contribution in [1.82, 2.24) is 4.98 Å². The monoisotopic (exact) mass is 330 g/mol. The van der Waals surface area contributed by atoms with E-state index < -0.39 is 0 Å². The highest BCUT2D eigenvalue weighted by molar-refractivity contribution is 7.20. The van der Waals surface area contributed by atoms with Crippen molar-refractivity contribution in [2.45, 2.75) is 19.3 Å². The minimum Gasteiger partial charge on any atom is -0.258 e. The van der Waals surface area contributed by atoms with Crippen LogP contribution in [0.5, 0.6) is 0 Å². The minimum absolute atomic E-state index is 0.130. The van der Waals surface area contributed by atoms with Crippen LogP contribution in [-0.4, -0.2) is 9.91 Å². The Hall–Kier alpha value is -2.05. The van der Waals surface area contributed by atoms with Crippen LogP contribution >= 0.6 is 22.7 Å². The van der Waals surface area contributed by atoms with Gasteiger partial charge in [0.2, 0.25) is 0 Å². The molecule has 4 nitrogen and oxygen atoms in total. The molecule has 1 aromatic carbocycles. The van der Waals surface area contributed by atoms with E-state index in [1.807, 2.05) is 18.2 Å². The normalized spacial score (nSPS) is 12.2. The fourth-order valence-electron chi connectivity index (χ4n) is 2.24. The average Bonchev–Trinajstić information content (AvgIpc) is 3.19. The van der Waals surface area contributed by atoms with Crippen LogP contribution in [0.3, 0.4) is 0 Å². The van der Waals surface area contributed by atoms with Gasteiger partial charge in [-0.2, -0.15) is 0 Å².